The zero-order valence-electron chi connectivity index (χ0n) is 11.8. The summed E-state index contributed by atoms with van der Waals surface area (Å²) in [7, 11) is 0. The molecule has 1 unspecified atom stereocenters. The van der Waals surface area contributed by atoms with Gasteiger partial charge in [-0.25, -0.2) is 4.39 Å². The lowest BCUT2D eigenvalue weighted by Crippen LogP contribution is -2.13. The van der Waals surface area contributed by atoms with E-state index in [1.807, 2.05) is 6.07 Å². The lowest BCUT2D eigenvalue weighted by molar-refractivity contribution is 0.200. The van der Waals surface area contributed by atoms with Gasteiger partial charge in [0.25, 0.3) is 0 Å². The molecule has 0 aromatic heterocycles. The van der Waals surface area contributed by atoms with Gasteiger partial charge in [-0.1, -0.05) is 41.5 Å². The van der Waals surface area contributed by atoms with Gasteiger partial charge in [0, 0.05) is 10.6 Å². The number of aliphatic hydroxyl groups excluding tert-OH is 1. The van der Waals surface area contributed by atoms with Crippen molar-refractivity contribution < 1.29 is 9.50 Å². The van der Waals surface area contributed by atoms with E-state index in [1.54, 1.807) is 12.1 Å². The van der Waals surface area contributed by atoms with Crippen LogP contribution >= 0.6 is 11.8 Å². The molecule has 2 aromatic carbocycles. The molecular formula is C17H19FOS. The van der Waals surface area contributed by atoms with Crippen LogP contribution in [0.3, 0.4) is 0 Å². The SMILES string of the molecule is Cc1cc(C)cc(CC(O)CSc2ccccc2F)c1. The Hall–Kier alpha value is -1.32. The standard InChI is InChI=1S/C17H19FOS/c1-12-7-13(2)9-14(8-12)10-15(19)11-20-17-6-4-3-5-16(17)18/h3-9,15,19H,10-11H2,1-2H3. The van der Waals surface area contributed by atoms with Crippen LogP contribution in [0.4, 0.5) is 4.39 Å². The lowest BCUT2D eigenvalue weighted by atomic mass is 10.0. The second-order valence-corrected chi connectivity index (χ2v) is 6.16. The van der Waals surface area contributed by atoms with Gasteiger partial charge < -0.3 is 5.11 Å². The second-order valence-electron chi connectivity index (χ2n) is 5.10. The van der Waals surface area contributed by atoms with E-state index in [2.05, 4.69) is 32.0 Å². The molecule has 20 heavy (non-hydrogen) atoms. The number of hydrogen-bond donors (Lipinski definition) is 1. The summed E-state index contributed by atoms with van der Waals surface area (Å²) < 4.78 is 13.5. The molecule has 0 aliphatic carbocycles. The molecule has 0 bridgehead atoms. The first-order valence-corrected chi connectivity index (χ1v) is 7.66. The average Bonchev–Trinajstić information content (AvgIpc) is 2.36. The Morgan fingerprint density at radius 3 is 2.40 bits per heavy atom. The van der Waals surface area contributed by atoms with Gasteiger partial charge in [-0.15, -0.1) is 11.8 Å². The van der Waals surface area contributed by atoms with Crippen LogP contribution < -0.4 is 0 Å². The van der Waals surface area contributed by atoms with Crippen molar-refractivity contribution in [2.75, 3.05) is 5.75 Å². The topological polar surface area (TPSA) is 20.2 Å². The lowest BCUT2D eigenvalue weighted by Gasteiger charge is -2.12. The second kappa shape index (κ2) is 6.91. The Bertz CT molecular complexity index is 563. The monoisotopic (exact) mass is 290 g/mol. The fourth-order valence-corrected chi connectivity index (χ4v) is 3.14. The third kappa shape index (κ3) is 4.36. The molecule has 2 aromatic rings. The van der Waals surface area contributed by atoms with Gasteiger partial charge >= 0.3 is 0 Å². The van der Waals surface area contributed by atoms with E-state index in [-0.39, 0.29) is 5.82 Å². The van der Waals surface area contributed by atoms with Crippen molar-refractivity contribution in [3.63, 3.8) is 0 Å². The Labute approximate surface area is 123 Å². The van der Waals surface area contributed by atoms with Crippen LogP contribution in [0.25, 0.3) is 0 Å². The van der Waals surface area contributed by atoms with Crippen LogP contribution in [0.2, 0.25) is 0 Å². The number of rotatable bonds is 5. The first kappa shape index (κ1) is 15.1. The molecule has 1 N–H and O–H groups in total. The maximum absolute atomic E-state index is 13.5. The molecule has 0 spiro atoms. The van der Waals surface area contributed by atoms with Crippen LogP contribution in [-0.4, -0.2) is 17.0 Å². The molecule has 3 heteroatoms. The zero-order chi connectivity index (χ0) is 14.5. The van der Waals surface area contributed by atoms with Crippen molar-refractivity contribution in [1.82, 2.24) is 0 Å². The van der Waals surface area contributed by atoms with E-state index < -0.39 is 6.10 Å². The fourth-order valence-electron chi connectivity index (χ4n) is 2.27. The molecule has 0 saturated heterocycles. The summed E-state index contributed by atoms with van der Waals surface area (Å²) in [6, 6.07) is 13.0. The zero-order valence-corrected chi connectivity index (χ0v) is 12.6. The summed E-state index contributed by atoms with van der Waals surface area (Å²) in [5.74, 6) is 0.268. The van der Waals surface area contributed by atoms with Gasteiger partial charge in [-0.2, -0.15) is 0 Å². The molecule has 0 amide bonds. The van der Waals surface area contributed by atoms with Crippen LogP contribution in [0.5, 0.6) is 0 Å². The molecule has 0 saturated carbocycles. The first-order chi connectivity index (χ1) is 9.54. The third-order valence-corrected chi connectivity index (χ3v) is 4.21. The summed E-state index contributed by atoms with van der Waals surface area (Å²) in [6.07, 6.45) is 0.130. The van der Waals surface area contributed by atoms with Crippen molar-refractivity contribution >= 4 is 11.8 Å². The van der Waals surface area contributed by atoms with E-state index >= 15 is 0 Å². The normalized spacial score (nSPS) is 12.4. The fraction of sp³-hybridized carbons (Fsp3) is 0.294. The molecule has 1 nitrogen and oxygen atoms in total. The highest BCUT2D eigenvalue weighted by Gasteiger charge is 2.09. The Morgan fingerprint density at radius 1 is 1.10 bits per heavy atom. The van der Waals surface area contributed by atoms with Gasteiger partial charge in [0.05, 0.1) is 6.10 Å². The van der Waals surface area contributed by atoms with Gasteiger partial charge in [-0.3, -0.25) is 0 Å². The van der Waals surface area contributed by atoms with Crippen LogP contribution in [0.15, 0.2) is 47.4 Å². The van der Waals surface area contributed by atoms with Crippen molar-refractivity contribution in [1.29, 1.82) is 0 Å². The molecule has 2 rings (SSSR count). The first-order valence-electron chi connectivity index (χ1n) is 6.67. The van der Waals surface area contributed by atoms with Crippen molar-refractivity contribution in [2.45, 2.75) is 31.3 Å². The maximum atomic E-state index is 13.5. The third-order valence-electron chi connectivity index (χ3n) is 3.02. The molecule has 1 atom stereocenters. The van der Waals surface area contributed by atoms with Crippen LogP contribution in [0, 0.1) is 19.7 Å². The summed E-state index contributed by atoms with van der Waals surface area (Å²) >= 11 is 1.36. The van der Waals surface area contributed by atoms with Crippen molar-refractivity contribution in [2.24, 2.45) is 0 Å². The van der Waals surface area contributed by atoms with E-state index in [0.29, 0.717) is 17.1 Å². The van der Waals surface area contributed by atoms with Crippen molar-refractivity contribution in [3.8, 4) is 0 Å². The van der Waals surface area contributed by atoms with Gasteiger partial charge in [0.1, 0.15) is 5.82 Å². The highest BCUT2D eigenvalue weighted by Crippen LogP contribution is 2.23. The molecule has 0 heterocycles. The number of aliphatic hydroxyl groups is 1. The predicted octanol–water partition coefficient (Wildman–Crippen LogP) is 4.14. The minimum absolute atomic E-state index is 0.226. The van der Waals surface area contributed by atoms with Gasteiger partial charge in [0.2, 0.25) is 0 Å². The minimum Gasteiger partial charge on any atom is -0.392 e. The van der Waals surface area contributed by atoms with E-state index in [0.717, 1.165) is 5.56 Å². The van der Waals surface area contributed by atoms with Crippen molar-refractivity contribution in [3.05, 3.63) is 65.0 Å². The van der Waals surface area contributed by atoms with E-state index in [9.17, 15) is 9.50 Å². The maximum Gasteiger partial charge on any atom is 0.136 e. The summed E-state index contributed by atoms with van der Waals surface area (Å²) in [6.45, 7) is 4.11. The number of hydrogen-bond acceptors (Lipinski definition) is 2. The van der Waals surface area contributed by atoms with Crippen LogP contribution in [-0.2, 0) is 6.42 Å². The molecule has 0 aliphatic heterocycles. The quantitative estimate of drug-likeness (QED) is 0.835. The Balaban J connectivity index is 1.92. The summed E-state index contributed by atoms with van der Waals surface area (Å²) in [5, 5.41) is 10.1. The highest BCUT2D eigenvalue weighted by atomic mass is 32.2. The van der Waals surface area contributed by atoms with E-state index in [1.165, 1.54) is 29.0 Å². The van der Waals surface area contributed by atoms with Crippen LogP contribution in [0.1, 0.15) is 16.7 Å². The Kier molecular flexibility index (Phi) is 5.21. The number of thioether (sulfide) groups is 1. The number of benzene rings is 2. The number of aryl methyl sites for hydroxylation is 2. The Morgan fingerprint density at radius 2 is 1.75 bits per heavy atom. The average molecular weight is 290 g/mol. The molecule has 106 valence electrons. The highest BCUT2D eigenvalue weighted by molar-refractivity contribution is 7.99. The molecule has 0 radical (unpaired) electrons. The molecular weight excluding hydrogens is 271 g/mol. The summed E-state index contributed by atoms with van der Waals surface area (Å²) in [4.78, 5) is 0.590. The largest absolute Gasteiger partial charge is 0.392 e. The minimum atomic E-state index is -0.471. The predicted molar refractivity (Wildman–Crippen MR) is 82.8 cm³/mol. The van der Waals surface area contributed by atoms with Gasteiger partial charge in [-0.05, 0) is 38.0 Å². The molecule has 0 aliphatic rings. The van der Waals surface area contributed by atoms with Gasteiger partial charge in [0.15, 0.2) is 0 Å². The van der Waals surface area contributed by atoms with E-state index in [4.69, 9.17) is 0 Å². The molecule has 0 fully saturated rings. The smallest absolute Gasteiger partial charge is 0.136 e. The summed E-state index contributed by atoms with van der Waals surface area (Å²) in [5.41, 5.74) is 3.53. The number of halogens is 1.